The van der Waals surface area contributed by atoms with Crippen LogP contribution >= 0.6 is 0 Å². The minimum Gasteiger partial charge on any atom is -0.481 e. The average Bonchev–Trinajstić information content (AvgIpc) is 2.30. The van der Waals surface area contributed by atoms with Gasteiger partial charge in [0.1, 0.15) is 5.82 Å². The molecule has 0 saturated heterocycles. The number of hydrogen-bond acceptors (Lipinski definition) is 2. The molecule has 0 unspecified atom stereocenters. The van der Waals surface area contributed by atoms with Gasteiger partial charge in [0, 0.05) is 20.0 Å². The zero-order chi connectivity index (χ0) is 13.5. The van der Waals surface area contributed by atoms with Gasteiger partial charge in [-0.3, -0.25) is 9.59 Å². The first-order chi connectivity index (χ1) is 8.49. The predicted molar refractivity (Wildman–Crippen MR) is 64.6 cm³/mol. The van der Waals surface area contributed by atoms with Gasteiger partial charge in [-0.2, -0.15) is 0 Å². The van der Waals surface area contributed by atoms with Gasteiger partial charge in [-0.15, -0.1) is 0 Å². The van der Waals surface area contributed by atoms with Crippen molar-refractivity contribution in [2.24, 2.45) is 0 Å². The van der Waals surface area contributed by atoms with Crippen LogP contribution in [0.25, 0.3) is 0 Å². The quantitative estimate of drug-likeness (QED) is 0.839. The summed E-state index contributed by atoms with van der Waals surface area (Å²) in [5.74, 6) is -1.38. The second-order valence-electron chi connectivity index (χ2n) is 4.03. The Morgan fingerprint density at radius 3 is 2.33 bits per heavy atom. The molecule has 0 radical (unpaired) electrons. The molecule has 0 atom stereocenters. The molecule has 0 aliphatic rings. The molecule has 1 rings (SSSR count). The number of carbonyl (C=O) groups is 2. The summed E-state index contributed by atoms with van der Waals surface area (Å²) < 4.78 is 12.7. The largest absolute Gasteiger partial charge is 0.481 e. The molecule has 0 fully saturated rings. The summed E-state index contributed by atoms with van der Waals surface area (Å²) in [5, 5.41) is 8.58. The van der Waals surface area contributed by atoms with Gasteiger partial charge in [0.2, 0.25) is 5.91 Å². The first-order valence-corrected chi connectivity index (χ1v) is 5.71. The van der Waals surface area contributed by atoms with Crippen molar-refractivity contribution in [1.29, 1.82) is 0 Å². The topological polar surface area (TPSA) is 57.6 Å². The van der Waals surface area contributed by atoms with Crippen LogP contribution < -0.4 is 0 Å². The van der Waals surface area contributed by atoms with Gasteiger partial charge in [0.15, 0.2) is 0 Å². The van der Waals surface area contributed by atoms with Crippen LogP contribution in [0.5, 0.6) is 0 Å². The number of aliphatic carboxylic acids is 1. The van der Waals surface area contributed by atoms with Gasteiger partial charge in [-0.05, 0) is 24.1 Å². The van der Waals surface area contributed by atoms with Gasteiger partial charge < -0.3 is 10.0 Å². The van der Waals surface area contributed by atoms with E-state index in [9.17, 15) is 14.0 Å². The summed E-state index contributed by atoms with van der Waals surface area (Å²) in [4.78, 5) is 23.2. The number of amides is 1. The number of benzene rings is 1. The number of rotatable bonds is 6. The first-order valence-electron chi connectivity index (χ1n) is 5.71. The first kappa shape index (κ1) is 14.2. The fourth-order valence-electron chi connectivity index (χ4n) is 1.57. The highest BCUT2D eigenvalue weighted by Gasteiger charge is 2.10. The van der Waals surface area contributed by atoms with Crippen molar-refractivity contribution in [2.75, 3.05) is 13.1 Å². The number of hydrogen-bond donors (Lipinski definition) is 1. The predicted octanol–water partition coefficient (Wildman–Crippen LogP) is 1.69. The summed E-state index contributed by atoms with van der Waals surface area (Å²) in [7, 11) is 0. The summed E-state index contributed by atoms with van der Waals surface area (Å²) in [6, 6.07) is 6.05. The van der Waals surface area contributed by atoms with Crippen LogP contribution in [0.1, 0.15) is 18.9 Å². The van der Waals surface area contributed by atoms with Crippen molar-refractivity contribution >= 4 is 11.9 Å². The standard InChI is InChI=1S/C13H16FNO3/c1-10(16)15(9-7-13(17)18)8-6-11-2-4-12(14)5-3-11/h2-5H,6-9H2,1H3,(H,17,18). The van der Waals surface area contributed by atoms with E-state index in [2.05, 4.69) is 0 Å². The van der Waals surface area contributed by atoms with E-state index in [0.717, 1.165) is 5.56 Å². The molecule has 5 heteroatoms. The van der Waals surface area contributed by atoms with Crippen molar-refractivity contribution in [3.63, 3.8) is 0 Å². The molecule has 0 heterocycles. The lowest BCUT2D eigenvalue weighted by atomic mass is 10.1. The maximum Gasteiger partial charge on any atom is 0.305 e. The Balaban J connectivity index is 2.49. The zero-order valence-electron chi connectivity index (χ0n) is 10.2. The number of carbonyl (C=O) groups excluding carboxylic acids is 1. The SMILES string of the molecule is CC(=O)N(CCC(=O)O)CCc1ccc(F)cc1. The molecular formula is C13H16FNO3. The van der Waals surface area contributed by atoms with E-state index < -0.39 is 5.97 Å². The highest BCUT2D eigenvalue weighted by atomic mass is 19.1. The molecule has 0 bridgehead atoms. The molecule has 1 aromatic carbocycles. The second-order valence-corrected chi connectivity index (χ2v) is 4.03. The zero-order valence-corrected chi connectivity index (χ0v) is 10.2. The number of halogens is 1. The van der Waals surface area contributed by atoms with Crippen molar-refractivity contribution in [3.8, 4) is 0 Å². The van der Waals surface area contributed by atoms with E-state index in [1.807, 2.05) is 0 Å². The summed E-state index contributed by atoms with van der Waals surface area (Å²) in [6.07, 6.45) is 0.516. The van der Waals surface area contributed by atoms with Crippen LogP contribution in [0.3, 0.4) is 0 Å². The minimum atomic E-state index is -0.928. The van der Waals surface area contributed by atoms with Gasteiger partial charge in [0.25, 0.3) is 0 Å². The Morgan fingerprint density at radius 2 is 1.83 bits per heavy atom. The van der Waals surface area contributed by atoms with Gasteiger partial charge >= 0.3 is 5.97 Å². The lowest BCUT2D eigenvalue weighted by Crippen LogP contribution is -2.32. The van der Waals surface area contributed by atoms with E-state index >= 15 is 0 Å². The number of carboxylic acids is 1. The summed E-state index contributed by atoms with van der Waals surface area (Å²) >= 11 is 0. The van der Waals surface area contributed by atoms with E-state index in [-0.39, 0.29) is 24.7 Å². The summed E-state index contributed by atoms with van der Waals surface area (Å²) in [6.45, 7) is 2.05. The third-order valence-corrected chi connectivity index (χ3v) is 2.62. The van der Waals surface area contributed by atoms with Crippen LogP contribution in [0.4, 0.5) is 4.39 Å². The number of carboxylic acid groups (broad SMARTS) is 1. The molecule has 1 aromatic rings. The second kappa shape index (κ2) is 6.74. The van der Waals surface area contributed by atoms with E-state index in [1.165, 1.54) is 24.0 Å². The Morgan fingerprint density at radius 1 is 1.22 bits per heavy atom. The fourth-order valence-corrected chi connectivity index (χ4v) is 1.57. The molecular weight excluding hydrogens is 237 g/mol. The Hall–Kier alpha value is -1.91. The molecule has 4 nitrogen and oxygen atoms in total. The third-order valence-electron chi connectivity index (χ3n) is 2.62. The van der Waals surface area contributed by atoms with Crippen LogP contribution in [-0.2, 0) is 16.0 Å². The highest BCUT2D eigenvalue weighted by molar-refractivity contribution is 5.74. The highest BCUT2D eigenvalue weighted by Crippen LogP contribution is 2.05. The Bertz CT molecular complexity index is 417. The van der Waals surface area contributed by atoms with Crippen LogP contribution in [0.15, 0.2) is 24.3 Å². The molecule has 0 aliphatic carbocycles. The van der Waals surface area contributed by atoms with Gasteiger partial charge in [0.05, 0.1) is 6.42 Å². The van der Waals surface area contributed by atoms with E-state index in [1.54, 1.807) is 12.1 Å². The molecule has 0 aliphatic heterocycles. The van der Waals surface area contributed by atoms with Crippen LogP contribution in [-0.4, -0.2) is 35.0 Å². The molecule has 18 heavy (non-hydrogen) atoms. The molecule has 1 N–H and O–H groups in total. The lowest BCUT2D eigenvalue weighted by Gasteiger charge is -2.20. The lowest BCUT2D eigenvalue weighted by molar-refractivity contribution is -0.138. The Kier molecular flexibility index (Phi) is 5.30. The fraction of sp³-hybridized carbons (Fsp3) is 0.385. The average molecular weight is 253 g/mol. The Labute approximate surface area is 105 Å². The molecule has 0 aromatic heterocycles. The van der Waals surface area contributed by atoms with Crippen molar-refractivity contribution in [1.82, 2.24) is 4.90 Å². The van der Waals surface area contributed by atoms with Crippen molar-refractivity contribution in [3.05, 3.63) is 35.6 Å². The molecule has 98 valence electrons. The maximum atomic E-state index is 12.7. The monoisotopic (exact) mass is 253 g/mol. The van der Waals surface area contributed by atoms with Gasteiger partial charge in [-0.1, -0.05) is 12.1 Å². The van der Waals surface area contributed by atoms with E-state index in [0.29, 0.717) is 13.0 Å². The van der Waals surface area contributed by atoms with Crippen LogP contribution in [0, 0.1) is 5.82 Å². The smallest absolute Gasteiger partial charge is 0.305 e. The normalized spacial score (nSPS) is 10.1. The maximum absolute atomic E-state index is 12.7. The third kappa shape index (κ3) is 4.95. The molecule has 0 spiro atoms. The summed E-state index contributed by atoms with van der Waals surface area (Å²) in [5.41, 5.74) is 0.915. The minimum absolute atomic E-state index is 0.0665. The van der Waals surface area contributed by atoms with Crippen molar-refractivity contribution < 1.29 is 19.1 Å². The molecule has 0 saturated carbocycles. The van der Waals surface area contributed by atoms with Gasteiger partial charge in [-0.25, -0.2) is 4.39 Å². The van der Waals surface area contributed by atoms with E-state index in [4.69, 9.17) is 5.11 Å². The van der Waals surface area contributed by atoms with Crippen LogP contribution in [0.2, 0.25) is 0 Å². The molecule has 1 amide bonds. The number of nitrogens with zero attached hydrogens (tertiary/aromatic N) is 1. The van der Waals surface area contributed by atoms with Crippen molar-refractivity contribution in [2.45, 2.75) is 19.8 Å².